The highest BCUT2D eigenvalue weighted by atomic mass is 32.1. The Morgan fingerprint density at radius 2 is 2.12 bits per heavy atom. The van der Waals surface area contributed by atoms with Crippen LogP contribution in [-0.4, -0.2) is 37.6 Å². The molecule has 0 radical (unpaired) electrons. The molecule has 26 heavy (non-hydrogen) atoms. The van der Waals surface area contributed by atoms with Crippen molar-refractivity contribution in [3.05, 3.63) is 46.2 Å². The fourth-order valence-corrected chi connectivity index (χ4v) is 4.44. The highest BCUT2D eigenvalue weighted by Gasteiger charge is 2.28. The summed E-state index contributed by atoms with van der Waals surface area (Å²) in [5.41, 5.74) is 0.711. The third kappa shape index (κ3) is 4.65. The number of hydrogen-bond acceptors (Lipinski definition) is 4. The topological polar surface area (TPSA) is 46.3 Å². The number of benzene rings is 1. The van der Waals surface area contributed by atoms with Gasteiger partial charge in [0.2, 0.25) is 0 Å². The lowest BCUT2D eigenvalue weighted by Gasteiger charge is -2.32. The van der Waals surface area contributed by atoms with Gasteiger partial charge < -0.3 is 14.7 Å². The van der Waals surface area contributed by atoms with Crippen molar-refractivity contribution >= 4 is 17.6 Å². The number of thiophene rings is 1. The fraction of sp³-hybridized carbons (Fsp3) is 0.476. The molecule has 1 saturated heterocycles. The molecule has 1 aromatic carbocycles. The van der Waals surface area contributed by atoms with Crippen LogP contribution in [0, 0.1) is 5.92 Å². The monoisotopic (exact) mass is 373 g/mol. The third-order valence-electron chi connectivity index (χ3n) is 5.14. The van der Waals surface area contributed by atoms with Crippen molar-refractivity contribution in [2.24, 2.45) is 10.9 Å². The van der Waals surface area contributed by atoms with E-state index in [4.69, 9.17) is 9.73 Å². The van der Waals surface area contributed by atoms with Crippen molar-refractivity contribution in [2.75, 3.05) is 26.2 Å². The lowest BCUT2D eigenvalue weighted by molar-refractivity contribution is -0.935. The molecule has 140 valence electrons. The second-order valence-corrected chi connectivity index (χ2v) is 8.01. The number of para-hydroxylation sites is 1. The van der Waals surface area contributed by atoms with E-state index in [0.29, 0.717) is 24.0 Å². The standard InChI is InChI=1S/C21H28N2O2S/c1-3-25-19-7-4-6-17(21(19)24)14-22-15-18(20-8-5-13-26-20)23-11-9-16(2)10-12-23/h4-8,13-14,16,18,24H,3,9-12,15H2,1-2H3/p+1/t18-/m1/s1. The van der Waals surface area contributed by atoms with Crippen LogP contribution in [0.5, 0.6) is 11.5 Å². The molecular weight excluding hydrogens is 344 g/mol. The summed E-state index contributed by atoms with van der Waals surface area (Å²) < 4.78 is 5.45. The van der Waals surface area contributed by atoms with Crippen LogP contribution in [0.15, 0.2) is 40.7 Å². The van der Waals surface area contributed by atoms with Gasteiger partial charge in [-0.2, -0.15) is 0 Å². The van der Waals surface area contributed by atoms with Gasteiger partial charge in [-0.1, -0.05) is 19.1 Å². The fourth-order valence-electron chi connectivity index (χ4n) is 3.56. The van der Waals surface area contributed by atoms with E-state index < -0.39 is 0 Å². The van der Waals surface area contributed by atoms with E-state index >= 15 is 0 Å². The molecule has 0 amide bonds. The number of phenols is 1. The minimum Gasteiger partial charge on any atom is -0.504 e. The van der Waals surface area contributed by atoms with E-state index in [1.807, 2.05) is 30.4 Å². The summed E-state index contributed by atoms with van der Waals surface area (Å²) in [5, 5.41) is 12.5. The third-order valence-corrected chi connectivity index (χ3v) is 6.13. The molecule has 1 atom stereocenters. The molecule has 0 saturated carbocycles. The van der Waals surface area contributed by atoms with Gasteiger partial charge in [0.1, 0.15) is 6.04 Å². The number of likely N-dealkylation sites (tertiary alicyclic amines) is 1. The molecule has 1 aliphatic rings. The SMILES string of the molecule is CCOc1cccc(C=NC[C@H](c2cccs2)[NH+]2CCC(C)CC2)c1O. The summed E-state index contributed by atoms with van der Waals surface area (Å²) in [6.45, 7) is 7.96. The van der Waals surface area contributed by atoms with E-state index in [1.165, 1.54) is 30.8 Å². The van der Waals surface area contributed by atoms with Crippen LogP contribution < -0.4 is 9.64 Å². The van der Waals surface area contributed by atoms with Gasteiger partial charge in [0.15, 0.2) is 11.5 Å². The van der Waals surface area contributed by atoms with Gasteiger partial charge in [0, 0.05) is 11.8 Å². The zero-order valence-electron chi connectivity index (χ0n) is 15.6. The molecule has 1 aromatic heterocycles. The van der Waals surface area contributed by atoms with Gasteiger partial charge in [0.05, 0.1) is 31.1 Å². The zero-order chi connectivity index (χ0) is 18.4. The van der Waals surface area contributed by atoms with Gasteiger partial charge in [-0.25, -0.2) is 0 Å². The number of hydrogen-bond donors (Lipinski definition) is 2. The maximum absolute atomic E-state index is 10.3. The normalized spacial score (nSPS) is 21.8. The number of aromatic hydroxyl groups is 1. The Labute approximate surface area is 160 Å². The van der Waals surface area contributed by atoms with Gasteiger partial charge in [-0.3, -0.25) is 4.99 Å². The first-order valence-electron chi connectivity index (χ1n) is 9.51. The molecule has 1 fully saturated rings. The minimum atomic E-state index is 0.171. The smallest absolute Gasteiger partial charge is 0.166 e. The maximum Gasteiger partial charge on any atom is 0.166 e. The molecule has 2 aromatic rings. The van der Waals surface area contributed by atoms with E-state index in [2.05, 4.69) is 24.4 Å². The number of piperidine rings is 1. The lowest BCUT2D eigenvalue weighted by Crippen LogP contribution is -3.13. The van der Waals surface area contributed by atoms with Gasteiger partial charge >= 0.3 is 0 Å². The molecule has 0 spiro atoms. The predicted octanol–water partition coefficient (Wildman–Crippen LogP) is 3.33. The number of nitrogens with zero attached hydrogens (tertiary/aromatic N) is 1. The summed E-state index contributed by atoms with van der Waals surface area (Å²) in [6.07, 6.45) is 4.36. The number of nitrogens with one attached hydrogen (secondary N) is 1. The van der Waals surface area contributed by atoms with Crippen molar-refractivity contribution in [2.45, 2.75) is 32.7 Å². The molecule has 1 aliphatic heterocycles. The average molecular weight is 374 g/mol. The van der Waals surface area contributed by atoms with Crippen LogP contribution in [-0.2, 0) is 0 Å². The number of ether oxygens (including phenoxy) is 1. The van der Waals surface area contributed by atoms with Crippen LogP contribution in [0.2, 0.25) is 0 Å². The number of phenolic OH excluding ortho intramolecular Hbond substituents is 1. The predicted molar refractivity (Wildman–Crippen MR) is 108 cm³/mol. The lowest BCUT2D eigenvalue weighted by atomic mass is 9.97. The molecule has 0 aliphatic carbocycles. The summed E-state index contributed by atoms with van der Waals surface area (Å²) in [7, 11) is 0. The highest BCUT2D eigenvalue weighted by molar-refractivity contribution is 7.10. The molecule has 3 rings (SSSR count). The molecule has 4 nitrogen and oxygen atoms in total. The van der Waals surface area contributed by atoms with Crippen LogP contribution in [0.1, 0.15) is 43.2 Å². The van der Waals surface area contributed by atoms with Gasteiger partial charge in [-0.15, -0.1) is 11.3 Å². The molecule has 0 unspecified atom stereocenters. The summed E-state index contributed by atoms with van der Waals surface area (Å²) >= 11 is 1.82. The average Bonchev–Trinajstić information content (AvgIpc) is 3.17. The Bertz CT molecular complexity index is 707. The van der Waals surface area contributed by atoms with Crippen molar-refractivity contribution in [3.63, 3.8) is 0 Å². The Morgan fingerprint density at radius 3 is 2.81 bits per heavy atom. The van der Waals surface area contributed by atoms with E-state index in [9.17, 15) is 5.11 Å². The summed E-state index contributed by atoms with van der Waals surface area (Å²) in [5.74, 6) is 1.52. The maximum atomic E-state index is 10.3. The number of aliphatic imine (C=N–C) groups is 1. The Balaban J connectivity index is 1.72. The van der Waals surface area contributed by atoms with Crippen molar-refractivity contribution < 1.29 is 14.7 Å². The Kier molecular flexibility index (Phi) is 6.69. The van der Waals surface area contributed by atoms with Crippen LogP contribution in [0.4, 0.5) is 0 Å². The van der Waals surface area contributed by atoms with Crippen molar-refractivity contribution in [3.8, 4) is 11.5 Å². The first kappa shape index (κ1) is 18.9. The largest absolute Gasteiger partial charge is 0.504 e. The Hall–Kier alpha value is -1.85. The van der Waals surface area contributed by atoms with Crippen LogP contribution in [0.25, 0.3) is 0 Å². The number of quaternary nitrogens is 1. The molecule has 2 N–H and O–H groups in total. The highest BCUT2D eigenvalue weighted by Crippen LogP contribution is 2.28. The first-order chi connectivity index (χ1) is 12.7. The van der Waals surface area contributed by atoms with Crippen LogP contribution in [0.3, 0.4) is 0 Å². The summed E-state index contributed by atoms with van der Waals surface area (Å²) in [4.78, 5) is 7.74. The molecule has 0 bridgehead atoms. The van der Waals surface area contributed by atoms with Gasteiger partial charge in [0.25, 0.3) is 0 Å². The van der Waals surface area contributed by atoms with Crippen molar-refractivity contribution in [1.82, 2.24) is 0 Å². The first-order valence-corrected chi connectivity index (χ1v) is 10.4. The second kappa shape index (κ2) is 9.19. The molecule has 5 heteroatoms. The second-order valence-electron chi connectivity index (χ2n) is 7.03. The van der Waals surface area contributed by atoms with Crippen molar-refractivity contribution in [1.29, 1.82) is 0 Å². The van der Waals surface area contributed by atoms with Crippen LogP contribution >= 0.6 is 11.3 Å². The molecular formula is C21H29N2O2S+. The summed E-state index contributed by atoms with van der Waals surface area (Å²) in [6, 6.07) is 10.3. The van der Waals surface area contributed by atoms with Gasteiger partial charge in [-0.05, 0) is 49.3 Å². The minimum absolute atomic E-state index is 0.171. The van der Waals surface area contributed by atoms with E-state index in [0.717, 1.165) is 12.5 Å². The van der Waals surface area contributed by atoms with E-state index in [-0.39, 0.29) is 5.75 Å². The van der Waals surface area contributed by atoms with E-state index in [1.54, 1.807) is 17.2 Å². The quantitative estimate of drug-likeness (QED) is 0.732. The number of rotatable bonds is 7. The Morgan fingerprint density at radius 1 is 1.31 bits per heavy atom. The zero-order valence-corrected chi connectivity index (χ0v) is 16.5. The molecule has 2 heterocycles.